The molecule has 1 saturated heterocycles. The fraction of sp³-hybridized carbons (Fsp3) is 0.793. The summed E-state index contributed by atoms with van der Waals surface area (Å²) in [7, 11) is 1.26. The first-order valence-electron chi connectivity index (χ1n) is 14.1. The van der Waals surface area contributed by atoms with Crippen LogP contribution in [0.25, 0.3) is 0 Å². The second-order valence-electron chi connectivity index (χ2n) is 12.5. The molecule has 8 heteroatoms. The highest BCUT2D eigenvalue weighted by atomic mass is 16.5. The number of hydrogen-bond donors (Lipinski definition) is 1. The molecule has 4 aliphatic carbocycles. The first-order chi connectivity index (χ1) is 17.6. The van der Waals surface area contributed by atoms with Crippen molar-refractivity contribution in [3.63, 3.8) is 0 Å². The zero-order chi connectivity index (χ0) is 26.5. The van der Waals surface area contributed by atoms with Crippen LogP contribution in [-0.4, -0.2) is 65.5 Å². The van der Waals surface area contributed by atoms with Gasteiger partial charge >= 0.3 is 11.9 Å². The van der Waals surface area contributed by atoms with Gasteiger partial charge in [0.15, 0.2) is 5.78 Å². The summed E-state index contributed by atoms with van der Waals surface area (Å²) >= 11 is 0. The van der Waals surface area contributed by atoms with Crippen LogP contribution in [0.5, 0.6) is 0 Å². The van der Waals surface area contributed by atoms with E-state index in [0.29, 0.717) is 24.2 Å². The van der Waals surface area contributed by atoms with E-state index in [1.165, 1.54) is 17.6 Å². The Kier molecular flexibility index (Phi) is 7.01. The van der Waals surface area contributed by atoms with Gasteiger partial charge in [-0.1, -0.05) is 19.4 Å². The molecule has 1 amide bonds. The summed E-state index contributed by atoms with van der Waals surface area (Å²) in [6.45, 7) is 4.73. The highest BCUT2D eigenvalue weighted by Gasteiger charge is 2.60. The molecule has 0 aromatic carbocycles. The number of ketones is 1. The number of fused-ring (bicyclic) bond motifs is 5. The SMILES string of the molecule is COC(=O)C1CC(O)CN1C(=O)CCC(=O)OC1CCC2C3CCC4=CC(=O)CCC4(C)C3CCC12C. The lowest BCUT2D eigenvalue weighted by molar-refractivity contribution is -0.161. The molecular formula is C29H41NO7. The van der Waals surface area contributed by atoms with Crippen molar-refractivity contribution in [2.45, 2.75) is 103 Å². The minimum atomic E-state index is -0.803. The van der Waals surface area contributed by atoms with Crippen LogP contribution in [-0.2, 0) is 28.7 Å². The Morgan fingerprint density at radius 3 is 2.59 bits per heavy atom. The Balaban J connectivity index is 1.19. The van der Waals surface area contributed by atoms with Crippen LogP contribution >= 0.6 is 0 Å². The van der Waals surface area contributed by atoms with Crippen LogP contribution in [0.2, 0.25) is 0 Å². The van der Waals surface area contributed by atoms with E-state index < -0.39 is 18.1 Å². The molecule has 5 rings (SSSR count). The van der Waals surface area contributed by atoms with Gasteiger partial charge in [0.25, 0.3) is 0 Å². The van der Waals surface area contributed by atoms with Gasteiger partial charge in [-0.05, 0) is 74.2 Å². The van der Waals surface area contributed by atoms with Crippen LogP contribution in [0.4, 0.5) is 0 Å². The van der Waals surface area contributed by atoms with E-state index in [0.717, 1.165) is 44.9 Å². The van der Waals surface area contributed by atoms with Gasteiger partial charge in [-0.3, -0.25) is 14.4 Å². The maximum Gasteiger partial charge on any atom is 0.328 e. The van der Waals surface area contributed by atoms with E-state index >= 15 is 0 Å². The number of hydrogen-bond acceptors (Lipinski definition) is 7. The number of esters is 2. The topological polar surface area (TPSA) is 110 Å². The third-order valence-electron chi connectivity index (χ3n) is 10.8. The Labute approximate surface area is 219 Å². The summed E-state index contributed by atoms with van der Waals surface area (Å²) in [6.07, 6.45) is 8.81. The van der Waals surface area contributed by atoms with Crippen LogP contribution in [0.1, 0.15) is 84.5 Å². The molecule has 8 nitrogen and oxygen atoms in total. The van der Waals surface area contributed by atoms with Gasteiger partial charge in [-0.15, -0.1) is 0 Å². The van der Waals surface area contributed by atoms with Gasteiger partial charge in [0.05, 0.1) is 19.6 Å². The van der Waals surface area contributed by atoms with Crippen LogP contribution < -0.4 is 0 Å². The van der Waals surface area contributed by atoms with Gasteiger partial charge in [0, 0.05) is 31.2 Å². The van der Waals surface area contributed by atoms with Crippen LogP contribution in [0, 0.1) is 28.6 Å². The molecule has 0 aromatic heterocycles. The van der Waals surface area contributed by atoms with Gasteiger partial charge in [-0.25, -0.2) is 4.79 Å². The molecule has 5 aliphatic rings. The number of ether oxygens (including phenoxy) is 2. The Morgan fingerprint density at radius 2 is 1.84 bits per heavy atom. The predicted octanol–water partition coefficient (Wildman–Crippen LogP) is 3.35. The van der Waals surface area contributed by atoms with E-state index in [1.807, 2.05) is 6.08 Å². The smallest absolute Gasteiger partial charge is 0.328 e. The maximum atomic E-state index is 12.8. The number of likely N-dealkylation sites (tertiary alicyclic amines) is 1. The number of carbonyl (C=O) groups excluding carboxylic acids is 4. The van der Waals surface area contributed by atoms with Crippen molar-refractivity contribution in [1.82, 2.24) is 4.90 Å². The van der Waals surface area contributed by atoms with E-state index in [1.54, 1.807) is 0 Å². The standard InChI is InChI=1S/C29H41NO7/c1-28-12-10-18(31)14-17(28)4-5-20-21-6-7-24(29(21,2)13-11-22(20)28)37-26(34)9-8-25(33)30-16-19(32)15-23(30)27(35)36-3/h14,19-24,32H,4-13,15-16H2,1-3H3. The molecule has 0 spiro atoms. The average molecular weight is 516 g/mol. The van der Waals surface area contributed by atoms with E-state index in [-0.39, 0.29) is 60.4 Å². The Hall–Kier alpha value is -2.22. The molecule has 0 aromatic rings. The fourth-order valence-electron chi connectivity index (χ4n) is 8.72. The number of amides is 1. The monoisotopic (exact) mass is 515 g/mol. The summed E-state index contributed by atoms with van der Waals surface area (Å²) in [5.74, 6) is 0.703. The van der Waals surface area contributed by atoms with Gasteiger partial charge in [0.1, 0.15) is 12.1 Å². The second-order valence-corrected chi connectivity index (χ2v) is 12.5. The van der Waals surface area contributed by atoms with Crippen molar-refractivity contribution in [2.24, 2.45) is 28.6 Å². The third-order valence-corrected chi connectivity index (χ3v) is 10.8. The molecular weight excluding hydrogens is 474 g/mol. The largest absolute Gasteiger partial charge is 0.467 e. The lowest BCUT2D eigenvalue weighted by Gasteiger charge is -2.57. The third kappa shape index (κ3) is 4.53. The van der Waals surface area contributed by atoms with Crippen LogP contribution in [0.3, 0.4) is 0 Å². The molecule has 1 aliphatic heterocycles. The molecule has 0 bridgehead atoms. The summed E-state index contributed by atoms with van der Waals surface area (Å²) in [4.78, 5) is 51.0. The molecule has 204 valence electrons. The molecule has 8 atom stereocenters. The van der Waals surface area contributed by atoms with Crippen molar-refractivity contribution in [3.8, 4) is 0 Å². The minimum Gasteiger partial charge on any atom is -0.467 e. The zero-order valence-corrected chi connectivity index (χ0v) is 22.4. The Morgan fingerprint density at radius 1 is 1.05 bits per heavy atom. The zero-order valence-electron chi connectivity index (χ0n) is 22.4. The summed E-state index contributed by atoms with van der Waals surface area (Å²) in [5.41, 5.74) is 1.43. The summed E-state index contributed by atoms with van der Waals surface area (Å²) < 4.78 is 10.8. The number of β-amino-alcohol motifs (C(OH)–C–C–N with tert-alkyl or cyclic N) is 1. The van der Waals surface area contributed by atoms with Crippen molar-refractivity contribution >= 4 is 23.6 Å². The lowest BCUT2D eigenvalue weighted by Crippen LogP contribution is -2.51. The first-order valence-corrected chi connectivity index (χ1v) is 14.1. The first kappa shape index (κ1) is 26.4. The van der Waals surface area contributed by atoms with Gasteiger partial charge in [0.2, 0.25) is 5.91 Å². The van der Waals surface area contributed by atoms with Crippen molar-refractivity contribution < 1.29 is 33.8 Å². The summed E-state index contributed by atoms with van der Waals surface area (Å²) in [5, 5.41) is 9.93. The predicted molar refractivity (Wildman–Crippen MR) is 134 cm³/mol. The number of aliphatic hydroxyl groups is 1. The highest BCUT2D eigenvalue weighted by molar-refractivity contribution is 5.91. The van der Waals surface area contributed by atoms with E-state index in [9.17, 15) is 24.3 Å². The van der Waals surface area contributed by atoms with Crippen molar-refractivity contribution in [2.75, 3.05) is 13.7 Å². The number of nitrogens with zero attached hydrogens (tertiary/aromatic N) is 1. The number of methoxy groups -OCH3 is 1. The molecule has 1 heterocycles. The Bertz CT molecular complexity index is 1010. The fourth-order valence-corrected chi connectivity index (χ4v) is 8.72. The second kappa shape index (κ2) is 9.83. The van der Waals surface area contributed by atoms with E-state index in [4.69, 9.17) is 9.47 Å². The minimum absolute atomic E-state index is 0.0388. The van der Waals surface area contributed by atoms with Crippen molar-refractivity contribution in [1.29, 1.82) is 0 Å². The number of allylic oxidation sites excluding steroid dienone is 1. The number of rotatable bonds is 5. The molecule has 8 unspecified atom stereocenters. The molecule has 3 saturated carbocycles. The molecule has 0 radical (unpaired) electrons. The molecule has 37 heavy (non-hydrogen) atoms. The normalized spacial score (nSPS) is 40.8. The van der Waals surface area contributed by atoms with Gasteiger partial charge < -0.3 is 19.5 Å². The number of aliphatic hydroxyl groups excluding tert-OH is 1. The lowest BCUT2D eigenvalue weighted by atomic mass is 9.47. The molecule has 4 fully saturated rings. The average Bonchev–Trinajstić information content (AvgIpc) is 3.42. The highest BCUT2D eigenvalue weighted by Crippen LogP contribution is 2.65. The number of carbonyl (C=O) groups is 4. The van der Waals surface area contributed by atoms with Crippen molar-refractivity contribution in [3.05, 3.63) is 11.6 Å². The van der Waals surface area contributed by atoms with Crippen LogP contribution in [0.15, 0.2) is 11.6 Å². The molecule has 1 N–H and O–H groups in total. The van der Waals surface area contributed by atoms with Gasteiger partial charge in [-0.2, -0.15) is 0 Å². The maximum absolute atomic E-state index is 12.8. The quantitative estimate of drug-likeness (QED) is 0.559. The van der Waals surface area contributed by atoms with E-state index in [2.05, 4.69) is 13.8 Å². The summed E-state index contributed by atoms with van der Waals surface area (Å²) in [6, 6.07) is -0.803.